The second-order valence-corrected chi connectivity index (χ2v) is 3.16. The zero-order valence-electron chi connectivity index (χ0n) is 9.33. The monoisotopic (exact) mass is 250 g/mol. The van der Waals surface area contributed by atoms with E-state index in [0.29, 0.717) is 5.69 Å². The number of imidazole rings is 1. The summed E-state index contributed by atoms with van der Waals surface area (Å²) in [7, 11) is 0. The molecule has 1 atom stereocenters. The standard InChI is InChI=1S/C10H10N4O4/c15-6-11-1-2-18-10(17)9(14-7-16)3-8-4-12-5-13-8/h4-5,9H,1-3H2,(H,12,13). The summed E-state index contributed by atoms with van der Waals surface area (Å²) < 4.78 is 4.79. The average molecular weight is 250 g/mol. The fourth-order valence-electron chi connectivity index (χ4n) is 1.18. The Balaban J connectivity index is 2.52. The topological polar surface area (TPSA) is 114 Å². The number of H-pyrrole nitrogens is 1. The first-order valence-electron chi connectivity index (χ1n) is 5.02. The third-order valence-corrected chi connectivity index (χ3v) is 1.96. The molecule has 8 nitrogen and oxygen atoms in total. The zero-order valence-corrected chi connectivity index (χ0v) is 9.33. The van der Waals surface area contributed by atoms with Crippen LogP contribution in [0.25, 0.3) is 0 Å². The minimum absolute atomic E-state index is 0.0246. The molecule has 8 heteroatoms. The number of carbonyl (C=O) groups is 1. The van der Waals surface area contributed by atoms with Gasteiger partial charge in [-0.1, -0.05) is 0 Å². The first-order chi connectivity index (χ1) is 8.77. The van der Waals surface area contributed by atoms with Crippen LogP contribution in [-0.2, 0) is 25.5 Å². The van der Waals surface area contributed by atoms with Gasteiger partial charge in [0.05, 0.1) is 12.9 Å². The first-order valence-corrected chi connectivity index (χ1v) is 5.02. The molecule has 1 heterocycles. The van der Waals surface area contributed by atoms with Crippen molar-refractivity contribution in [1.82, 2.24) is 9.97 Å². The molecule has 0 aliphatic heterocycles. The third-order valence-electron chi connectivity index (χ3n) is 1.96. The number of aromatic nitrogens is 2. The Bertz CT molecular complexity index is 472. The summed E-state index contributed by atoms with van der Waals surface area (Å²) in [4.78, 5) is 44.7. The van der Waals surface area contributed by atoms with Crippen molar-refractivity contribution in [1.29, 1.82) is 0 Å². The second kappa shape index (κ2) is 7.67. The lowest BCUT2D eigenvalue weighted by molar-refractivity contribution is -0.144. The minimum Gasteiger partial charge on any atom is -0.462 e. The van der Waals surface area contributed by atoms with Gasteiger partial charge in [-0.25, -0.2) is 24.4 Å². The second-order valence-electron chi connectivity index (χ2n) is 3.16. The summed E-state index contributed by atoms with van der Waals surface area (Å²) in [5.74, 6) is -0.686. The van der Waals surface area contributed by atoms with Crippen molar-refractivity contribution in [3.05, 3.63) is 18.2 Å². The summed E-state index contributed by atoms with van der Waals surface area (Å²) in [6.07, 6.45) is 5.75. The number of aliphatic imine (C=N–C) groups is 2. The van der Waals surface area contributed by atoms with Crippen molar-refractivity contribution in [2.75, 3.05) is 13.2 Å². The van der Waals surface area contributed by atoms with E-state index < -0.39 is 12.0 Å². The number of esters is 1. The molecule has 18 heavy (non-hydrogen) atoms. The quantitative estimate of drug-likeness (QED) is 0.304. The van der Waals surface area contributed by atoms with Gasteiger partial charge in [0.15, 0.2) is 6.04 Å². The molecule has 0 radical (unpaired) electrons. The van der Waals surface area contributed by atoms with Gasteiger partial charge in [-0.05, 0) is 0 Å². The molecule has 0 spiro atoms. The number of hydrogen-bond donors (Lipinski definition) is 1. The lowest BCUT2D eigenvalue weighted by Crippen LogP contribution is -2.25. The number of isocyanates is 2. The highest BCUT2D eigenvalue weighted by Crippen LogP contribution is 2.04. The molecule has 0 aliphatic carbocycles. The Kier molecular flexibility index (Phi) is 5.76. The van der Waals surface area contributed by atoms with E-state index in [1.807, 2.05) is 0 Å². The van der Waals surface area contributed by atoms with Crippen LogP contribution in [0.5, 0.6) is 0 Å². The highest BCUT2D eigenvalue weighted by molar-refractivity contribution is 5.77. The SMILES string of the molecule is O=C=NCCOC(=O)C(Cc1cnc[nH]1)N=C=O. The summed E-state index contributed by atoms with van der Waals surface area (Å²) >= 11 is 0. The molecule has 1 aromatic heterocycles. The van der Waals surface area contributed by atoms with Crippen molar-refractivity contribution in [3.63, 3.8) is 0 Å². The van der Waals surface area contributed by atoms with E-state index in [-0.39, 0.29) is 19.6 Å². The number of carbonyl (C=O) groups excluding carboxylic acids is 3. The van der Waals surface area contributed by atoms with Gasteiger partial charge in [0.1, 0.15) is 6.61 Å². The highest BCUT2D eigenvalue weighted by atomic mass is 16.5. The number of nitrogens with zero attached hydrogens (tertiary/aromatic N) is 3. The predicted octanol–water partition coefficient (Wildman–Crippen LogP) is -0.464. The van der Waals surface area contributed by atoms with Crippen LogP contribution < -0.4 is 0 Å². The van der Waals surface area contributed by atoms with Crippen molar-refractivity contribution in [2.45, 2.75) is 12.5 Å². The molecule has 0 aromatic carbocycles. The maximum absolute atomic E-state index is 11.6. The largest absolute Gasteiger partial charge is 0.462 e. The van der Waals surface area contributed by atoms with E-state index in [2.05, 4.69) is 20.0 Å². The lowest BCUT2D eigenvalue weighted by Gasteiger charge is -2.08. The molecule has 0 saturated carbocycles. The first kappa shape index (κ1) is 13.5. The van der Waals surface area contributed by atoms with E-state index >= 15 is 0 Å². The molecular formula is C10H10N4O4. The van der Waals surface area contributed by atoms with Gasteiger partial charge in [0, 0.05) is 18.3 Å². The van der Waals surface area contributed by atoms with Crippen LogP contribution in [-0.4, -0.2) is 47.3 Å². The van der Waals surface area contributed by atoms with Crippen LogP contribution in [0.1, 0.15) is 5.69 Å². The van der Waals surface area contributed by atoms with Crippen molar-refractivity contribution < 1.29 is 19.1 Å². The molecule has 1 unspecified atom stereocenters. The van der Waals surface area contributed by atoms with E-state index in [9.17, 15) is 14.4 Å². The molecule has 0 fully saturated rings. The van der Waals surface area contributed by atoms with Crippen LogP contribution >= 0.6 is 0 Å². The lowest BCUT2D eigenvalue weighted by atomic mass is 10.2. The number of aromatic amines is 1. The van der Waals surface area contributed by atoms with Gasteiger partial charge in [0.25, 0.3) is 0 Å². The number of nitrogens with one attached hydrogen (secondary N) is 1. The zero-order chi connectivity index (χ0) is 13.2. The molecule has 0 bridgehead atoms. The number of ether oxygens (including phenoxy) is 1. The fourth-order valence-corrected chi connectivity index (χ4v) is 1.18. The minimum atomic E-state index is -0.983. The molecule has 1 aromatic rings. The molecule has 1 N–H and O–H groups in total. The third kappa shape index (κ3) is 4.52. The Morgan fingerprint density at radius 2 is 2.33 bits per heavy atom. The van der Waals surface area contributed by atoms with Gasteiger partial charge < -0.3 is 9.72 Å². The normalized spacial score (nSPS) is 10.9. The summed E-state index contributed by atoms with van der Waals surface area (Å²) in [6, 6.07) is -0.983. The number of hydrogen-bond acceptors (Lipinski definition) is 7. The molecule has 94 valence electrons. The van der Waals surface area contributed by atoms with Crippen LogP contribution in [0, 0.1) is 0 Å². The molecule has 0 saturated heterocycles. The van der Waals surface area contributed by atoms with Gasteiger partial charge in [-0.3, -0.25) is 0 Å². The van der Waals surface area contributed by atoms with Crippen LogP contribution in [0.3, 0.4) is 0 Å². The summed E-state index contributed by atoms with van der Waals surface area (Å²) in [6.45, 7) is -0.0429. The smallest absolute Gasteiger partial charge is 0.332 e. The van der Waals surface area contributed by atoms with E-state index in [0.717, 1.165) is 0 Å². The van der Waals surface area contributed by atoms with E-state index in [1.54, 1.807) is 0 Å². The van der Waals surface area contributed by atoms with Gasteiger partial charge in [-0.2, -0.15) is 4.99 Å². The van der Waals surface area contributed by atoms with Crippen molar-refractivity contribution >= 4 is 18.1 Å². The highest BCUT2D eigenvalue weighted by Gasteiger charge is 2.20. The van der Waals surface area contributed by atoms with Crippen LogP contribution in [0.2, 0.25) is 0 Å². The summed E-state index contributed by atoms with van der Waals surface area (Å²) in [5, 5.41) is 0. The molecule has 1 rings (SSSR count). The fraction of sp³-hybridized carbons (Fsp3) is 0.400. The van der Waals surface area contributed by atoms with E-state index in [1.165, 1.54) is 24.7 Å². The predicted molar refractivity (Wildman–Crippen MR) is 58.1 cm³/mol. The van der Waals surface area contributed by atoms with Gasteiger partial charge in [-0.15, -0.1) is 0 Å². The maximum Gasteiger partial charge on any atom is 0.332 e. The maximum atomic E-state index is 11.6. The molecule has 0 aliphatic rings. The van der Waals surface area contributed by atoms with Gasteiger partial charge >= 0.3 is 5.97 Å². The Morgan fingerprint density at radius 1 is 1.50 bits per heavy atom. The Labute approximate surface area is 102 Å². The van der Waals surface area contributed by atoms with Crippen molar-refractivity contribution in [3.8, 4) is 0 Å². The average Bonchev–Trinajstić information content (AvgIpc) is 2.87. The van der Waals surface area contributed by atoms with E-state index in [4.69, 9.17) is 4.74 Å². The Hall–Kier alpha value is -2.56. The van der Waals surface area contributed by atoms with Gasteiger partial charge in [0.2, 0.25) is 12.2 Å². The Morgan fingerprint density at radius 3 is 2.94 bits per heavy atom. The van der Waals surface area contributed by atoms with Crippen LogP contribution in [0.4, 0.5) is 0 Å². The molecular weight excluding hydrogens is 240 g/mol. The van der Waals surface area contributed by atoms with Crippen molar-refractivity contribution in [2.24, 2.45) is 9.98 Å². The number of rotatable bonds is 7. The van der Waals surface area contributed by atoms with Crippen LogP contribution in [0.15, 0.2) is 22.5 Å². The molecule has 0 amide bonds. The summed E-state index contributed by atoms with van der Waals surface area (Å²) in [5.41, 5.74) is 0.641.